The maximum Gasteiger partial charge on any atom is 0.406 e. The normalized spacial score (nSPS) is 19.8. The largest absolute Gasteiger partial charge is 0.454 e. The molecule has 26 heavy (non-hydrogen) atoms. The lowest BCUT2D eigenvalue weighted by atomic mass is 9.92. The van der Waals surface area contributed by atoms with Crippen LogP contribution in [0.15, 0.2) is 18.2 Å². The second-order valence-corrected chi connectivity index (χ2v) is 6.97. The van der Waals surface area contributed by atoms with Crippen molar-refractivity contribution in [3.8, 4) is 11.5 Å². The summed E-state index contributed by atoms with van der Waals surface area (Å²) in [5.41, 5.74) is -0.0370. The predicted octanol–water partition coefficient (Wildman–Crippen LogP) is 2.18. The molecule has 1 atom stereocenters. The minimum absolute atomic E-state index is 0.130. The van der Waals surface area contributed by atoms with Crippen molar-refractivity contribution < 1.29 is 32.2 Å². The van der Waals surface area contributed by atoms with E-state index in [2.05, 4.69) is 5.32 Å². The first-order chi connectivity index (χ1) is 12.0. The fourth-order valence-corrected chi connectivity index (χ4v) is 3.08. The van der Waals surface area contributed by atoms with Gasteiger partial charge in [-0.3, -0.25) is 9.59 Å². The van der Waals surface area contributed by atoms with Crippen molar-refractivity contribution in [3.63, 3.8) is 0 Å². The topological polar surface area (TPSA) is 67.9 Å². The van der Waals surface area contributed by atoms with E-state index in [4.69, 9.17) is 9.47 Å². The summed E-state index contributed by atoms with van der Waals surface area (Å²) in [6.45, 7) is 2.10. The standard InChI is InChI=1S/C17H19F3N2O4/c1-16(2,11-3-4-12-13(6-11)26-9-25-12)21-15(24)10-5-14(23)22(7-10)8-17(18,19)20/h3-4,6,10H,5,7-9H2,1-2H3,(H,21,24). The molecule has 0 spiro atoms. The fourth-order valence-electron chi connectivity index (χ4n) is 3.08. The van der Waals surface area contributed by atoms with Crippen molar-refractivity contribution in [1.82, 2.24) is 10.2 Å². The summed E-state index contributed by atoms with van der Waals surface area (Å²) in [5.74, 6) is -0.746. The van der Waals surface area contributed by atoms with Crippen LogP contribution in [0, 0.1) is 5.92 Å². The monoisotopic (exact) mass is 372 g/mol. The molecule has 0 aromatic heterocycles. The number of ether oxygens (including phenoxy) is 2. The smallest absolute Gasteiger partial charge is 0.406 e. The minimum atomic E-state index is -4.48. The number of nitrogens with zero attached hydrogens (tertiary/aromatic N) is 1. The first-order valence-electron chi connectivity index (χ1n) is 8.12. The van der Waals surface area contributed by atoms with Gasteiger partial charge in [0.2, 0.25) is 18.6 Å². The predicted molar refractivity (Wildman–Crippen MR) is 84.5 cm³/mol. The van der Waals surface area contributed by atoms with Crippen molar-refractivity contribution >= 4 is 11.8 Å². The quantitative estimate of drug-likeness (QED) is 0.880. The van der Waals surface area contributed by atoms with Crippen LogP contribution in [0.3, 0.4) is 0 Å². The lowest BCUT2D eigenvalue weighted by Gasteiger charge is -2.28. The molecule has 1 aromatic carbocycles. The molecule has 2 aliphatic heterocycles. The van der Waals surface area contributed by atoms with Crippen LogP contribution in [0.2, 0.25) is 0 Å². The van der Waals surface area contributed by atoms with Gasteiger partial charge < -0.3 is 19.7 Å². The minimum Gasteiger partial charge on any atom is -0.454 e. The summed E-state index contributed by atoms with van der Waals surface area (Å²) in [5, 5.41) is 2.81. The molecule has 1 aromatic rings. The number of amides is 2. The maximum atomic E-state index is 12.5. The molecule has 9 heteroatoms. The number of hydrogen-bond acceptors (Lipinski definition) is 4. The average Bonchev–Trinajstić information content (AvgIpc) is 3.11. The zero-order valence-corrected chi connectivity index (χ0v) is 14.4. The number of alkyl halides is 3. The lowest BCUT2D eigenvalue weighted by Crippen LogP contribution is -2.45. The Morgan fingerprint density at radius 2 is 1.96 bits per heavy atom. The van der Waals surface area contributed by atoms with Crippen LogP contribution in [0.25, 0.3) is 0 Å². The highest BCUT2D eigenvalue weighted by molar-refractivity contribution is 5.89. The Balaban J connectivity index is 1.66. The van der Waals surface area contributed by atoms with Gasteiger partial charge in [-0.15, -0.1) is 0 Å². The highest BCUT2D eigenvalue weighted by Crippen LogP contribution is 2.36. The molecule has 1 fully saturated rings. The first kappa shape index (κ1) is 18.3. The molecule has 6 nitrogen and oxygen atoms in total. The molecule has 1 N–H and O–H groups in total. The van der Waals surface area contributed by atoms with Gasteiger partial charge in [-0.1, -0.05) is 6.07 Å². The van der Waals surface area contributed by atoms with Gasteiger partial charge in [0, 0.05) is 13.0 Å². The molecule has 1 unspecified atom stereocenters. The molecule has 1 saturated heterocycles. The molecule has 0 bridgehead atoms. The Morgan fingerprint density at radius 1 is 1.27 bits per heavy atom. The van der Waals surface area contributed by atoms with Crippen LogP contribution >= 0.6 is 0 Å². The Hall–Kier alpha value is -2.45. The zero-order chi connectivity index (χ0) is 19.1. The second kappa shape index (κ2) is 6.37. The summed E-state index contributed by atoms with van der Waals surface area (Å²) >= 11 is 0. The van der Waals surface area contributed by atoms with Crippen molar-refractivity contribution in [2.75, 3.05) is 19.9 Å². The molecule has 0 radical (unpaired) electrons. The summed E-state index contributed by atoms with van der Waals surface area (Å²) in [6.07, 6.45) is -4.70. The van der Waals surface area contributed by atoms with Crippen LogP contribution in [0.1, 0.15) is 25.8 Å². The van der Waals surface area contributed by atoms with Gasteiger partial charge >= 0.3 is 6.18 Å². The number of carbonyl (C=O) groups excluding carboxylic acids is 2. The third kappa shape index (κ3) is 3.86. The van der Waals surface area contributed by atoms with Crippen molar-refractivity contribution in [1.29, 1.82) is 0 Å². The molecule has 2 heterocycles. The van der Waals surface area contributed by atoms with Crippen molar-refractivity contribution in [2.45, 2.75) is 32.0 Å². The Kier molecular flexibility index (Phi) is 4.49. The molecule has 0 saturated carbocycles. The SMILES string of the molecule is CC(C)(NC(=O)C1CC(=O)N(CC(F)(F)F)C1)c1ccc2c(c1)OCO2. The Morgan fingerprint density at radius 3 is 2.65 bits per heavy atom. The van der Waals surface area contributed by atoms with Crippen LogP contribution < -0.4 is 14.8 Å². The van der Waals surface area contributed by atoms with Crippen molar-refractivity contribution in [3.05, 3.63) is 23.8 Å². The second-order valence-electron chi connectivity index (χ2n) is 6.97. The van der Waals surface area contributed by atoms with E-state index in [1.165, 1.54) is 0 Å². The van der Waals surface area contributed by atoms with Gasteiger partial charge in [-0.2, -0.15) is 13.2 Å². The van der Waals surface area contributed by atoms with Gasteiger partial charge in [0.25, 0.3) is 0 Å². The van der Waals surface area contributed by atoms with E-state index < -0.39 is 36.0 Å². The summed E-state index contributed by atoms with van der Waals surface area (Å²) < 4.78 is 48.1. The average molecular weight is 372 g/mol. The van der Waals surface area contributed by atoms with Crippen LogP contribution in [-0.2, 0) is 15.1 Å². The molecule has 3 rings (SSSR count). The van der Waals surface area contributed by atoms with E-state index >= 15 is 0 Å². The number of hydrogen-bond donors (Lipinski definition) is 1. The van der Waals surface area contributed by atoms with E-state index in [1.54, 1.807) is 32.0 Å². The lowest BCUT2D eigenvalue weighted by molar-refractivity contribution is -0.157. The first-order valence-corrected chi connectivity index (χ1v) is 8.12. The highest BCUT2D eigenvalue weighted by atomic mass is 19.4. The maximum absolute atomic E-state index is 12.5. The molecule has 0 aliphatic carbocycles. The number of benzene rings is 1. The molecular formula is C17H19F3N2O4. The van der Waals surface area contributed by atoms with Gasteiger partial charge in [0.1, 0.15) is 6.54 Å². The third-order valence-electron chi connectivity index (χ3n) is 4.49. The van der Waals surface area contributed by atoms with Gasteiger partial charge in [-0.25, -0.2) is 0 Å². The molecule has 142 valence electrons. The molecular weight excluding hydrogens is 353 g/mol. The van der Waals surface area contributed by atoms with Crippen LogP contribution in [0.4, 0.5) is 13.2 Å². The fraction of sp³-hybridized carbons (Fsp3) is 0.529. The van der Waals surface area contributed by atoms with Gasteiger partial charge in [0.15, 0.2) is 11.5 Å². The molecule has 2 aliphatic rings. The number of fused-ring (bicyclic) bond motifs is 1. The van der Waals surface area contributed by atoms with E-state index in [0.29, 0.717) is 16.4 Å². The summed E-state index contributed by atoms with van der Waals surface area (Å²) in [4.78, 5) is 24.9. The number of nitrogens with one attached hydrogen (secondary N) is 1. The number of rotatable bonds is 4. The van der Waals surface area contributed by atoms with Crippen molar-refractivity contribution in [2.24, 2.45) is 5.92 Å². The van der Waals surface area contributed by atoms with E-state index in [1.807, 2.05) is 0 Å². The van der Waals surface area contributed by atoms with Crippen LogP contribution in [-0.4, -0.2) is 42.8 Å². The highest BCUT2D eigenvalue weighted by Gasteiger charge is 2.41. The van der Waals surface area contributed by atoms with Gasteiger partial charge in [0.05, 0.1) is 11.5 Å². The Labute approximate surface area is 148 Å². The van der Waals surface area contributed by atoms with Crippen LogP contribution in [0.5, 0.6) is 11.5 Å². The van der Waals surface area contributed by atoms with E-state index in [0.717, 1.165) is 5.56 Å². The molecule has 2 amide bonds. The number of likely N-dealkylation sites (tertiary alicyclic amines) is 1. The third-order valence-corrected chi connectivity index (χ3v) is 4.49. The number of halogens is 3. The Bertz CT molecular complexity index is 733. The zero-order valence-electron chi connectivity index (χ0n) is 14.4. The van der Waals surface area contributed by atoms with Gasteiger partial charge in [-0.05, 0) is 31.5 Å². The summed E-state index contributed by atoms with van der Waals surface area (Å²) in [7, 11) is 0. The van der Waals surface area contributed by atoms with E-state index in [9.17, 15) is 22.8 Å². The number of carbonyl (C=O) groups is 2. The summed E-state index contributed by atoms with van der Waals surface area (Å²) in [6, 6.07) is 5.26. The van der Waals surface area contributed by atoms with E-state index in [-0.39, 0.29) is 19.8 Å².